The number of para-hydroxylation sites is 1. The minimum atomic E-state index is -0.351. The van der Waals surface area contributed by atoms with Crippen molar-refractivity contribution in [1.29, 1.82) is 0 Å². The Labute approximate surface area is 157 Å². The smallest absolute Gasteiger partial charge is 0.291 e. The zero-order valence-electron chi connectivity index (χ0n) is 13.5. The van der Waals surface area contributed by atoms with Crippen LogP contribution in [-0.2, 0) is 6.61 Å². The quantitative estimate of drug-likeness (QED) is 0.658. The molecule has 0 fully saturated rings. The van der Waals surface area contributed by atoms with Gasteiger partial charge in [-0.05, 0) is 52.3 Å². The summed E-state index contributed by atoms with van der Waals surface area (Å²) in [6, 6.07) is 16.0. The minimum absolute atomic E-state index is 0.186. The van der Waals surface area contributed by atoms with Crippen molar-refractivity contribution in [2.45, 2.75) is 6.61 Å². The molecule has 0 saturated heterocycles. The van der Waals surface area contributed by atoms with E-state index in [4.69, 9.17) is 18.6 Å². The second-order valence-electron chi connectivity index (χ2n) is 5.51. The first-order chi connectivity index (χ1) is 12.7. The molecule has 0 saturated carbocycles. The molecule has 1 aliphatic rings. The molecule has 0 bridgehead atoms. The van der Waals surface area contributed by atoms with Crippen LogP contribution in [0.5, 0.6) is 17.2 Å². The molecule has 2 heterocycles. The van der Waals surface area contributed by atoms with Crippen LogP contribution in [0.15, 0.2) is 63.5 Å². The van der Waals surface area contributed by atoms with E-state index in [9.17, 15) is 4.79 Å². The number of hydrogen-bond acceptors (Lipinski definition) is 5. The van der Waals surface area contributed by atoms with Crippen LogP contribution < -0.4 is 19.5 Å². The number of rotatable bonds is 5. The number of carbonyl (C=O) groups is 1. The maximum atomic E-state index is 12.3. The number of halogens is 1. The Hall–Kier alpha value is -2.93. The lowest BCUT2D eigenvalue weighted by molar-refractivity contribution is 0.0992. The number of nitrogens with one attached hydrogen (secondary N) is 1. The van der Waals surface area contributed by atoms with E-state index in [1.807, 2.05) is 24.3 Å². The summed E-state index contributed by atoms with van der Waals surface area (Å²) >= 11 is 3.42. The van der Waals surface area contributed by atoms with Crippen molar-refractivity contribution in [2.75, 3.05) is 12.1 Å². The van der Waals surface area contributed by atoms with E-state index in [1.54, 1.807) is 30.3 Å². The summed E-state index contributed by atoms with van der Waals surface area (Å²) in [6.07, 6.45) is 0. The normalized spacial score (nSPS) is 12.0. The summed E-state index contributed by atoms with van der Waals surface area (Å²) in [5, 5.41) is 2.77. The van der Waals surface area contributed by atoms with Gasteiger partial charge in [-0.3, -0.25) is 4.79 Å². The van der Waals surface area contributed by atoms with E-state index in [2.05, 4.69) is 21.2 Å². The number of amides is 1. The van der Waals surface area contributed by atoms with Gasteiger partial charge in [0.05, 0.1) is 4.47 Å². The number of benzene rings is 2. The Balaban J connectivity index is 1.39. The molecule has 0 unspecified atom stereocenters. The Morgan fingerprint density at radius 3 is 2.81 bits per heavy atom. The first-order valence-electron chi connectivity index (χ1n) is 7.86. The van der Waals surface area contributed by atoms with Crippen LogP contribution in [0, 0.1) is 0 Å². The van der Waals surface area contributed by atoms with Crippen LogP contribution >= 0.6 is 15.9 Å². The molecule has 1 aliphatic heterocycles. The highest BCUT2D eigenvalue weighted by Crippen LogP contribution is 2.34. The molecular formula is C19H14BrNO5. The summed E-state index contributed by atoms with van der Waals surface area (Å²) in [7, 11) is 0. The monoisotopic (exact) mass is 415 g/mol. The first-order valence-corrected chi connectivity index (χ1v) is 8.65. The number of fused-ring (bicyclic) bond motifs is 1. The summed E-state index contributed by atoms with van der Waals surface area (Å²) in [4.78, 5) is 12.3. The molecule has 132 valence electrons. The molecule has 0 spiro atoms. The number of furan rings is 1. The van der Waals surface area contributed by atoms with Crippen LogP contribution in [0.3, 0.4) is 0 Å². The molecule has 1 amide bonds. The number of hydrogen-bond donors (Lipinski definition) is 1. The molecule has 0 aliphatic carbocycles. The van der Waals surface area contributed by atoms with Crippen molar-refractivity contribution in [3.8, 4) is 17.2 Å². The Morgan fingerprint density at radius 1 is 1.08 bits per heavy atom. The predicted octanol–water partition coefficient (Wildman–Crippen LogP) is 4.60. The largest absolute Gasteiger partial charge is 0.484 e. The summed E-state index contributed by atoms with van der Waals surface area (Å²) in [6.45, 7) is 0.408. The van der Waals surface area contributed by atoms with Crippen LogP contribution in [0.4, 0.5) is 5.69 Å². The van der Waals surface area contributed by atoms with Gasteiger partial charge in [0.1, 0.15) is 18.1 Å². The topological polar surface area (TPSA) is 69.9 Å². The highest BCUT2D eigenvalue weighted by Gasteiger charge is 2.16. The highest BCUT2D eigenvalue weighted by atomic mass is 79.9. The van der Waals surface area contributed by atoms with E-state index in [0.29, 0.717) is 28.7 Å². The van der Waals surface area contributed by atoms with Crippen molar-refractivity contribution < 1.29 is 23.4 Å². The summed E-state index contributed by atoms with van der Waals surface area (Å²) in [5.41, 5.74) is 0.599. The van der Waals surface area contributed by atoms with Gasteiger partial charge in [-0.2, -0.15) is 0 Å². The van der Waals surface area contributed by atoms with E-state index in [-0.39, 0.29) is 25.1 Å². The lowest BCUT2D eigenvalue weighted by atomic mass is 10.2. The summed E-state index contributed by atoms with van der Waals surface area (Å²) < 4.78 is 22.6. The lowest BCUT2D eigenvalue weighted by Crippen LogP contribution is -2.10. The molecule has 7 heteroatoms. The summed E-state index contributed by atoms with van der Waals surface area (Å²) in [5.74, 6) is 2.37. The Bertz CT molecular complexity index is 953. The maximum absolute atomic E-state index is 12.3. The molecular weight excluding hydrogens is 402 g/mol. The van der Waals surface area contributed by atoms with Crippen LogP contribution in [0.2, 0.25) is 0 Å². The van der Waals surface area contributed by atoms with Gasteiger partial charge in [0.2, 0.25) is 6.79 Å². The van der Waals surface area contributed by atoms with E-state index in [0.717, 1.165) is 4.47 Å². The van der Waals surface area contributed by atoms with Gasteiger partial charge in [0.15, 0.2) is 17.3 Å². The van der Waals surface area contributed by atoms with Crippen LogP contribution in [0.1, 0.15) is 16.3 Å². The van der Waals surface area contributed by atoms with E-state index < -0.39 is 0 Å². The Morgan fingerprint density at radius 2 is 1.92 bits per heavy atom. The second kappa shape index (κ2) is 7.13. The van der Waals surface area contributed by atoms with Gasteiger partial charge in [-0.1, -0.05) is 12.1 Å². The molecule has 1 aromatic heterocycles. The molecule has 3 aromatic rings. The minimum Gasteiger partial charge on any atom is -0.484 e. The van der Waals surface area contributed by atoms with Crippen LogP contribution in [0.25, 0.3) is 0 Å². The van der Waals surface area contributed by atoms with Gasteiger partial charge in [-0.15, -0.1) is 0 Å². The zero-order chi connectivity index (χ0) is 17.9. The third kappa shape index (κ3) is 3.52. The molecule has 6 nitrogen and oxygen atoms in total. The lowest BCUT2D eigenvalue weighted by Gasteiger charge is -2.06. The fourth-order valence-corrected chi connectivity index (χ4v) is 2.85. The average Bonchev–Trinajstić information content (AvgIpc) is 3.30. The molecule has 4 rings (SSSR count). The van der Waals surface area contributed by atoms with Crippen molar-refractivity contribution >= 4 is 27.5 Å². The number of carbonyl (C=O) groups excluding carboxylic acids is 1. The standard InChI is InChI=1S/C19H14BrNO5/c20-14-3-1-2-4-15(14)23-10-13-6-8-17(26-13)19(22)21-12-5-7-16-18(9-12)25-11-24-16/h1-9H,10-11H2,(H,21,22). The third-order valence-electron chi connectivity index (χ3n) is 3.72. The van der Waals surface area contributed by atoms with Gasteiger partial charge in [0.25, 0.3) is 5.91 Å². The third-order valence-corrected chi connectivity index (χ3v) is 4.38. The second-order valence-corrected chi connectivity index (χ2v) is 6.36. The van der Waals surface area contributed by atoms with Crippen molar-refractivity contribution in [3.63, 3.8) is 0 Å². The van der Waals surface area contributed by atoms with Crippen molar-refractivity contribution in [1.82, 2.24) is 0 Å². The molecule has 1 N–H and O–H groups in total. The van der Waals surface area contributed by atoms with Gasteiger partial charge in [-0.25, -0.2) is 0 Å². The van der Waals surface area contributed by atoms with Gasteiger partial charge in [0, 0.05) is 11.8 Å². The molecule has 0 atom stereocenters. The van der Waals surface area contributed by atoms with Crippen LogP contribution in [-0.4, -0.2) is 12.7 Å². The Kier molecular flexibility index (Phi) is 4.53. The first kappa shape index (κ1) is 16.5. The van der Waals surface area contributed by atoms with Crippen molar-refractivity contribution in [3.05, 3.63) is 70.6 Å². The fourth-order valence-electron chi connectivity index (χ4n) is 2.46. The predicted molar refractivity (Wildman–Crippen MR) is 97.7 cm³/mol. The fraction of sp³-hybridized carbons (Fsp3) is 0.105. The number of ether oxygens (including phenoxy) is 3. The molecule has 26 heavy (non-hydrogen) atoms. The van der Waals surface area contributed by atoms with E-state index >= 15 is 0 Å². The van der Waals surface area contributed by atoms with Crippen molar-refractivity contribution in [2.24, 2.45) is 0 Å². The van der Waals surface area contributed by atoms with E-state index in [1.165, 1.54) is 0 Å². The van der Waals surface area contributed by atoms with Gasteiger partial charge >= 0.3 is 0 Å². The van der Waals surface area contributed by atoms with Gasteiger partial charge < -0.3 is 23.9 Å². The average molecular weight is 416 g/mol. The zero-order valence-corrected chi connectivity index (χ0v) is 15.1. The molecule has 2 aromatic carbocycles. The SMILES string of the molecule is O=C(Nc1ccc2c(c1)OCO2)c1ccc(COc2ccccc2Br)o1. The molecule has 0 radical (unpaired) electrons. The maximum Gasteiger partial charge on any atom is 0.291 e. The highest BCUT2D eigenvalue weighted by molar-refractivity contribution is 9.10. The number of anilines is 1.